The van der Waals surface area contributed by atoms with Crippen molar-refractivity contribution in [2.24, 2.45) is 0 Å². The molecule has 0 radical (unpaired) electrons. The van der Waals surface area contributed by atoms with Crippen LogP contribution in [0.25, 0.3) is 0 Å². The highest BCUT2D eigenvalue weighted by Gasteiger charge is 2.17. The van der Waals surface area contributed by atoms with Gasteiger partial charge in [-0.2, -0.15) is 4.09 Å². The van der Waals surface area contributed by atoms with Crippen LogP contribution in [0.15, 0.2) is 6.33 Å². The lowest BCUT2D eigenvalue weighted by molar-refractivity contribution is -0.627. The van der Waals surface area contributed by atoms with Gasteiger partial charge in [0.2, 0.25) is 0 Å². The molecule has 0 aliphatic rings. The molecular formula is C5H10N3P2+. The van der Waals surface area contributed by atoms with E-state index < -0.39 is 0 Å². The number of hydrogen-bond acceptors (Lipinski definition) is 2. The summed E-state index contributed by atoms with van der Waals surface area (Å²) in [6.45, 7) is 6.47. The van der Waals surface area contributed by atoms with Gasteiger partial charge in [0.15, 0.2) is 0 Å². The first-order valence-electron chi connectivity index (χ1n) is 3.04. The van der Waals surface area contributed by atoms with Crippen molar-refractivity contribution in [3.05, 3.63) is 6.33 Å². The standard InChI is InChI=1S/C5H10N3P2/c1-5(2,3)8-9-6-4-7-10-8/h4H,1-3H3/q+1. The Morgan fingerprint density at radius 1 is 1.20 bits per heavy atom. The summed E-state index contributed by atoms with van der Waals surface area (Å²) in [6, 6.07) is 0. The van der Waals surface area contributed by atoms with E-state index in [1.54, 1.807) is 6.33 Å². The van der Waals surface area contributed by atoms with Crippen molar-refractivity contribution in [1.29, 1.82) is 0 Å². The van der Waals surface area contributed by atoms with Gasteiger partial charge in [0.1, 0.15) is 0 Å². The molecule has 1 rings (SSSR count). The molecule has 0 bridgehead atoms. The summed E-state index contributed by atoms with van der Waals surface area (Å²) in [6.07, 6.45) is 1.62. The van der Waals surface area contributed by atoms with Crippen LogP contribution in [0.5, 0.6) is 0 Å². The van der Waals surface area contributed by atoms with Crippen LogP contribution in [0.4, 0.5) is 0 Å². The summed E-state index contributed by atoms with van der Waals surface area (Å²) in [7, 11) is 2.01. The van der Waals surface area contributed by atoms with E-state index in [4.69, 9.17) is 0 Å². The van der Waals surface area contributed by atoms with Crippen molar-refractivity contribution in [3.8, 4) is 0 Å². The lowest BCUT2D eigenvalue weighted by Crippen LogP contribution is -2.43. The Hall–Kier alpha value is -0.130. The molecule has 1 aromatic rings. The minimum Gasteiger partial charge on any atom is -0.189 e. The molecule has 0 aliphatic heterocycles. The molecular weight excluding hydrogens is 164 g/mol. The van der Waals surface area contributed by atoms with Gasteiger partial charge in [-0.15, -0.1) is 0 Å². The number of nitrogens with zero attached hydrogens (tertiary/aromatic N) is 3. The molecule has 1 heterocycles. The van der Waals surface area contributed by atoms with Crippen LogP contribution in [0.1, 0.15) is 20.8 Å². The second kappa shape index (κ2) is 2.86. The summed E-state index contributed by atoms with van der Waals surface area (Å²) in [5, 5.41) is 0. The maximum atomic E-state index is 4.02. The normalized spacial score (nSPS) is 13.1. The monoisotopic (exact) mass is 174 g/mol. The fraction of sp³-hybridized carbons (Fsp3) is 0.800. The van der Waals surface area contributed by atoms with Crippen LogP contribution in [0.2, 0.25) is 0 Å². The minimum atomic E-state index is 0.171. The molecule has 0 amide bonds. The van der Waals surface area contributed by atoms with Gasteiger partial charge in [0.25, 0.3) is 6.33 Å². The first-order valence-corrected chi connectivity index (χ1v) is 4.64. The lowest BCUT2D eigenvalue weighted by atomic mass is 10.1. The molecule has 0 fully saturated rings. The Morgan fingerprint density at radius 3 is 2.00 bits per heavy atom. The highest BCUT2D eigenvalue weighted by molar-refractivity contribution is 7.25. The number of aromatic nitrogens is 3. The van der Waals surface area contributed by atoms with Gasteiger partial charge in [0.05, 0.1) is 5.54 Å². The maximum Gasteiger partial charge on any atom is 0.314 e. The van der Waals surface area contributed by atoms with Crippen molar-refractivity contribution in [3.63, 3.8) is 0 Å². The van der Waals surface area contributed by atoms with E-state index in [2.05, 4.69) is 34.4 Å². The number of rotatable bonds is 0. The van der Waals surface area contributed by atoms with Crippen molar-refractivity contribution in [2.45, 2.75) is 26.3 Å². The van der Waals surface area contributed by atoms with Gasteiger partial charge in [-0.1, -0.05) is 9.49 Å². The molecule has 54 valence electrons. The van der Waals surface area contributed by atoms with Crippen molar-refractivity contribution >= 4 is 17.0 Å². The van der Waals surface area contributed by atoms with Crippen molar-refractivity contribution < 1.29 is 4.09 Å². The van der Waals surface area contributed by atoms with E-state index in [1.807, 2.05) is 0 Å². The van der Waals surface area contributed by atoms with E-state index in [1.165, 1.54) is 0 Å². The van der Waals surface area contributed by atoms with Crippen LogP contribution in [0, 0.1) is 0 Å². The van der Waals surface area contributed by atoms with Gasteiger partial charge in [0, 0.05) is 0 Å². The smallest absolute Gasteiger partial charge is 0.189 e. The van der Waals surface area contributed by atoms with Crippen LogP contribution >= 0.6 is 17.0 Å². The molecule has 0 aromatic carbocycles. The third kappa shape index (κ3) is 1.93. The molecule has 0 spiro atoms. The van der Waals surface area contributed by atoms with Crippen LogP contribution < -0.4 is 4.09 Å². The lowest BCUT2D eigenvalue weighted by Gasteiger charge is -2.12. The summed E-state index contributed by atoms with van der Waals surface area (Å²) in [5.41, 5.74) is 0.171. The fourth-order valence-electron chi connectivity index (χ4n) is 0.453. The average molecular weight is 174 g/mol. The van der Waals surface area contributed by atoms with Crippen molar-refractivity contribution in [1.82, 2.24) is 9.49 Å². The van der Waals surface area contributed by atoms with Crippen LogP contribution in [0.3, 0.4) is 0 Å². The molecule has 0 atom stereocenters. The zero-order chi connectivity index (χ0) is 7.61. The molecule has 0 aliphatic carbocycles. The predicted molar refractivity (Wildman–Crippen MR) is 42.2 cm³/mol. The highest BCUT2D eigenvalue weighted by Crippen LogP contribution is 2.09. The Kier molecular flexibility index (Phi) is 2.28. The zero-order valence-electron chi connectivity index (χ0n) is 6.31. The molecule has 1 aromatic heterocycles. The Balaban J connectivity index is 2.97. The Labute approximate surface area is 64.0 Å². The second-order valence-electron chi connectivity index (χ2n) is 2.99. The minimum absolute atomic E-state index is 0.171. The highest BCUT2D eigenvalue weighted by atomic mass is 31.1. The Bertz CT molecular complexity index is 206. The van der Waals surface area contributed by atoms with E-state index >= 15 is 0 Å². The second-order valence-corrected chi connectivity index (χ2v) is 4.92. The molecule has 0 saturated carbocycles. The van der Waals surface area contributed by atoms with Gasteiger partial charge < -0.3 is 0 Å². The molecule has 10 heavy (non-hydrogen) atoms. The quantitative estimate of drug-likeness (QED) is 0.598. The van der Waals surface area contributed by atoms with Gasteiger partial charge in [-0.05, 0) is 20.8 Å². The molecule has 5 heteroatoms. The summed E-state index contributed by atoms with van der Waals surface area (Å²) < 4.78 is 10.2. The van der Waals surface area contributed by atoms with Crippen LogP contribution in [-0.2, 0) is 5.54 Å². The largest absolute Gasteiger partial charge is 0.314 e. The third-order valence-corrected chi connectivity index (χ3v) is 3.41. The summed E-state index contributed by atoms with van der Waals surface area (Å²) >= 11 is 0. The predicted octanol–water partition coefficient (Wildman–Crippen LogP) is 1.68. The third-order valence-electron chi connectivity index (χ3n) is 0.976. The summed E-state index contributed by atoms with van der Waals surface area (Å²) in [4.78, 5) is 0. The van der Waals surface area contributed by atoms with E-state index in [-0.39, 0.29) is 5.54 Å². The van der Waals surface area contributed by atoms with E-state index in [9.17, 15) is 0 Å². The summed E-state index contributed by atoms with van der Waals surface area (Å²) in [5.74, 6) is 0. The number of hydrogen-bond donors (Lipinski definition) is 0. The van der Waals surface area contributed by atoms with Gasteiger partial charge in [-0.25, -0.2) is 0 Å². The van der Waals surface area contributed by atoms with Gasteiger partial charge in [-0.3, -0.25) is 0 Å². The first kappa shape index (κ1) is 7.97. The Morgan fingerprint density at radius 2 is 1.70 bits per heavy atom. The van der Waals surface area contributed by atoms with E-state index in [0.717, 1.165) is 17.0 Å². The molecule has 0 saturated heterocycles. The topological polar surface area (TPSA) is 29.7 Å². The molecule has 0 N–H and O–H groups in total. The van der Waals surface area contributed by atoms with Gasteiger partial charge >= 0.3 is 17.0 Å². The fourth-order valence-corrected chi connectivity index (χ4v) is 1.88. The molecule has 0 unspecified atom stereocenters. The maximum absolute atomic E-state index is 4.02. The average Bonchev–Trinajstić information content (AvgIpc) is 1.88. The van der Waals surface area contributed by atoms with E-state index in [0.29, 0.717) is 0 Å². The zero-order valence-corrected chi connectivity index (χ0v) is 8.10. The SMILES string of the molecule is CC(C)(C)[n+]1pncnp1. The molecule has 3 nitrogen and oxygen atoms in total. The first-order chi connectivity index (χ1) is 4.61. The van der Waals surface area contributed by atoms with Crippen molar-refractivity contribution in [2.75, 3.05) is 0 Å². The van der Waals surface area contributed by atoms with Crippen LogP contribution in [-0.4, -0.2) is 9.49 Å².